The molecule has 1 saturated heterocycles. The van der Waals surface area contributed by atoms with Gasteiger partial charge in [-0.2, -0.15) is 0 Å². The van der Waals surface area contributed by atoms with E-state index in [2.05, 4.69) is 37.9 Å². The number of hydrogen-bond donors (Lipinski definition) is 1. The van der Waals surface area contributed by atoms with Gasteiger partial charge in [-0.15, -0.1) is 0 Å². The zero-order valence-corrected chi connectivity index (χ0v) is 10.9. The molecule has 2 unspecified atom stereocenters. The van der Waals surface area contributed by atoms with E-state index in [-0.39, 0.29) is 0 Å². The maximum absolute atomic E-state index is 3.53. The molecule has 15 heavy (non-hydrogen) atoms. The summed E-state index contributed by atoms with van der Waals surface area (Å²) in [6, 6.07) is 1.49. The highest BCUT2D eigenvalue weighted by atomic mass is 15.2. The highest BCUT2D eigenvalue weighted by Crippen LogP contribution is 2.18. The molecule has 2 nitrogen and oxygen atoms in total. The highest BCUT2D eigenvalue weighted by molar-refractivity contribution is 4.82. The van der Waals surface area contributed by atoms with Gasteiger partial charge in [0.25, 0.3) is 0 Å². The zero-order chi connectivity index (χ0) is 11.3. The maximum atomic E-state index is 3.53. The molecule has 0 amide bonds. The minimum atomic E-state index is 0.717. The predicted molar refractivity (Wildman–Crippen MR) is 67.2 cm³/mol. The Morgan fingerprint density at radius 3 is 2.53 bits per heavy atom. The van der Waals surface area contributed by atoms with E-state index in [0.29, 0.717) is 0 Å². The fourth-order valence-corrected chi connectivity index (χ4v) is 2.48. The van der Waals surface area contributed by atoms with Gasteiger partial charge >= 0.3 is 0 Å². The van der Waals surface area contributed by atoms with Gasteiger partial charge in [-0.25, -0.2) is 0 Å². The highest BCUT2D eigenvalue weighted by Gasteiger charge is 2.25. The average Bonchev–Trinajstić information content (AvgIpc) is 2.26. The van der Waals surface area contributed by atoms with Crippen LogP contribution < -0.4 is 5.32 Å². The lowest BCUT2D eigenvalue weighted by atomic mass is 9.98. The van der Waals surface area contributed by atoms with Crippen molar-refractivity contribution in [2.75, 3.05) is 19.6 Å². The summed E-state index contributed by atoms with van der Waals surface area (Å²) in [5.41, 5.74) is 0. The van der Waals surface area contributed by atoms with E-state index in [9.17, 15) is 0 Å². The van der Waals surface area contributed by atoms with Crippen molar-refractivity contribution in [2.24, 2.45) is 5.92 Å². The van der Waals surface area contributed by atoms with Crippen molar-refractivity contribution >= 4 is 0 Å². The second-order valence-corrected chi connectivity index (χ2v) is 5.22. The van der Waals surface area contributed by atoms with Crippen LogP contribution in [0.25, 0.3) is 0 Å². The Morgan fingerprint density at radius 2 is 2.07 bits per heavy atom. The third-order valence-corrected chi connectivity index (χ3v) is 3.71. The summed E-state index contributed by atoms with van der Waals surface area (Å²) < 4.78 is 0. The van der Waals surface area contributed by atoms with Crippen LogP contribution in [0.3, 0.4) is 0 Å². The average molecular weight is 212 g/mol. The molecule has 1 aliphatic heterocycles. The van der Waals surface area contributed by atoms with Crippen LogP contribution in [0.4, 0.5) is 0 Å². The SMILES string of the molecule is CCCN(C1CCCNC1)C(C)C(C)C. The Labute approximate surface area is 95.4 Å². The van der Waals surface area contributed by atoms with Crippen molar-refractivity contribution < 1.29 is 0 Å². The van der Waals surface area contributed by atoms with Crippen LogP contribution in [0.15, 0.2) is 0 Å². The van der Waals surface area contributed by atoms with Crippen LogP contribution in [0.5, 0.6) is 0 Å². The van der Waals surface area contributed by atoms with Crippen LogP contribution in [-0.2, 0) is 0 Å². The Hall–Kier alpha value is -0.0800. The Morgan fingerprint density at radius 1 is 1.33 bits per heavy atom. The van der Waals surface area contributed by atoms with Crippen molar-refractivity contribution in [1.29, 1.82) is 0 Å². The van der Waals surface area contributed by atoms with Crippen molar-refractivity contribution in [3.8, 4) is 0 Å². The van der Waals surface area contributed by atoms with Crippen LogP contribution >= 0.6 is 0 Å². The van der Waals surface area contributed by atoms with Gasteiger partial charge in [0, 0.05) is 18.6 Å². The molecule has 0 aromatic rings. The van der Waals surface area contributed by atoms with Crippen LogP contribution in [0.2, 0.25) is 0 Å². The van der Waals surface area contributed by atoms with E-state index in [4.69, 9.17) is 0 Å². The second kappa shape index (κ2) is 6.49. The predicted octanol–water partition coefficient (Wildman–Crippen LogP) is 2.49. The third kappa shape index (κ3) is 3.76. The molecule has 1 aliphatic rings. The number of rotatable bonds is 5. The van der Waals surface area contributed by atoms with E-state index in [1.54, 1.807) is 0 Å². The molecule has 0 saturated carbocycles. The topological polar surface area (TPSA) is 15.3 Å². The normalized spacial score (nSPS) is 24.8. The lowest BCUT2D eigenvalue weighted by Crippen LogP contribution is -2.51. The minimum absolute atomic E-state index is 0.717. The van der Waals surface area contributed by atoms with Gasteiger partial charge in [0.05, 0.1) is 0 Å². The van der Waals surface area contributed by atoms with E-state index >= 15 is 0 Å². The van der Waals surface area contributed by atoms with Crippen molar-refractivity contribution in [3.63, 3.8) is 0 Å². The van der Waals surface area contributed by atoms with Gasteiger partial charge in [0.15, 0.2) is 0 Å². The van der Waals surface area contributed by atoms with Gasteiger partial charge < -0.3 is 5.32 Å². The first-order valence-corrected chi connectivity index (χ1v) is 6.63. The number of piperidine rings is 1. The molecule has 0 bridgehead atoms. The van der Waals surface area contributed by atoms with Gasteiger partial charge in [-0.05, 0) is 45.2 Å². The van der Waals surface area contributed by atoms with E-state index < -0.39 is 0 Å². The summed E-state index contributed by atoms with van der Waals surface area (Å²) in [7, 11) is 0. The summed E-state index contributed by atoms with van der Waals surface area (Å²) >= 11 is 0. The largest absolute Gasteiger partial charge is 0.315 e. The lowest BCUT2D eigenvalue weighted by Gasteiger charge is -2.40. The molecule has 2 atom stereocenters. The molecule has 0 spiro atoms. The third-order valence-electron chi connectivity index (χ3n) is 3.71. The first-order chi connectivity index (χ1) is 7.16. The second-order valence-electron chi connectivity index (χ2n) is 5.22. The Kier molecular flexibility index (Phi) is 5.62. The summed E-state index contributed by atoms with van der Waals surface area (Å²) in [5.74, 6) is 0.762. The molecule has 1 rings (SSSR count). The molecular weight excluding hydrogens is 184 g/mol. The van der Waals surface area contributed by atoms with Crippen LogP contribution in [0, 0.1) is 5.92 Å². The molecule has 0 aromatic heterocycles. The van der Waals surface area contributed by atoms with Crippen molar-refractivity contribution in [3.05, 3.63) is 0 Å². The maximum Gasteiger partial charge on any atom is 0.0224 e. The zero-order valence-electron chi connectivity index (χ0n) is 10.9. The van der Waals surface area contributed by atoms with Gasteiger partial charge in [0.2, 0.25) is 0 Å². The lowest BCUT2D eigenvalue weighted by molar-refractivity contribution is 0.0948. The molecule has 1 fully saturated rings. The van der Waals surface area contributed by atoms with E-state index in [1.807, 2.05) is 0 Å². The smallest absolute Gasteiger partial charge is 0.0224 e. The summed E-state index contributed by atoms with van der Waals surface area (Å²) in [5, 5.41) is 3.53. The molecule has 0 aliphatic carbocycles. The molecule has 1 heterocycles. The Bertz CT molecular complexity index is 162. The number of hydrogen-bond acceptors (Lipinski definition) is 2. The van der Waals surface area contributed by atoms with Gasteiger partial charge in [-0.3, -0.25) is 4.90 Å². The molecule has 1 N–H and O–H groups in total. The minimum Gasteiger partial charge on any atom is -0.315 e. The van der Waals surface area contributed by atoms with E-state index in [1.165, 1.54) is 38.9 Å². The van der Waals surface area contributed by atoms with Gasteiger partial charge in [-0.1, -0.05) is 20.8 Å². The molecule has 90 valence electrons. The van der Waals surface area contributed by atoms with Crippen molar-refractivity contribution in [2.45, 2.75) is 59.0 Å². The fraction of sp³-hybridized carbons (Fsp3) is 1.00. The quantitative estimate of drug-likeness (QED) is 0.753. The summed E-state index contributed by atoms with van der Waals surface area (Å²) in [6.45, 7) is 13.0. The molecular formula is C13H28N2. The number of nitrogens with one attached hydrogen (secondary N) is 1. The number of nitrogens with zero attached hydrogens (tertiary/aromatic N) is 1. The monoisotopic (exact) mass is 212 g/mol. The first kappa shape index (κ1) is 13.0. The van der Waals surface area contributed by atoms with Crippen molar-refractivity contribution in [1.82, 2.24) is 10.2 Å². The van der Waals surface area contributed by atoms with Crippen LogP contribution in [0.1, 0.15) is 47.0 Å². The Balaban J connectivity index is 2.54. The first-order valence-electron chi connectivity index (χ1n) is 6.63. The van der Waals surface area contributed by atoms with E-state index in [0.717, 1.165) is 18.0 Å². The molecule has 2 heteroatoms. The summed E-state index contributed by atoms with van der Waals surface area (Å²) in [4.78, 5) is 2.72. The molecule has 0 aromatic carbocycles. The standard InChI is InChI=1S/C13H28N2/c1-5-9-15(12(4)11(2)3)13-7-6-8-14-10-13/h11-14H,5-10H2,1-4H3. The molecule has 0 radical (unpaired) electrons. The summed E-state index contributed by atoms with van der Waals surface area (Å²) in [6.07, 6.45) is 3.99. The fourth-order valence-electron chi connectivity index (χ4n) is 2.48. The van der Waals surface area contributed by atoms with Crippen LogP contribution in [-0.4, -0.2) is 36.6 Å². The van der Waals surface area contributed by atoms with Gasteiger partial charge in [0.1, 0.15) is 0 Å².